The Morgan fingerprint density at radius 3 is 2.60 bits per heavy atom. The van der Waals surface area contributed by atoms with Gasteiger partial charge in [0, 0.05) is 22.1 Å². The molecule has 0 aliphatic heterocycles. The monoisotopic (exact) mass is 418 g/mol. The van der Waals surface area contributed by atoms with Crippen LogP contribution in [0.5, 0.6) is 0 Å². The van der Waals surface area contributed by atoms with E-state index in [9.17, 15) is 4.79 Å². The number of aryl methyl sites for hydroxylation is 2. The summed E-state index contributed by atoms with van der Waals surface area (Å²) in [6, 6.07) is 5.21. The first-order valence-corrected chi connectivity index (χ1v) is 8.08. The van der Waals surface area contributed by atoms with Gasteiger partial charge in [-0.25, -0.2) is 0 Å². The van der Waals surface area contributed by atoms with Crippen molar-refractivity contribution < 1.29 is 4.79 Å². The number of carbonyl (C=O) groups excluding carboxylic acids is 1. The predicted octanol–water partition coefficient (Wildman–Crippen LogP) is 4.59. The number of halogens is 3. The largest absolute Gasteiger partial charge is 0.294 e. The number of benzene rings is 1. The summed E-state index contributed by atoms with van der Waals surface area (Å²) >= 11 is 12.8. The van der Waals surface area contributed by atoms with Gasteiger partial charge in [0.2, 0.25) is 0 Å². The van der Waals surface area contributed by atoms with Gasteiger partial charge in [0.25, 0.3) is 0 Å². The lowest BCUT2D eigenvalue weighted by Crippen LogP contribution is -2.08. The van der Waals surface area contributed by atoms with Gasteiger partial charge in [-0.3, -0.25) is 9.48 Å². The van der Waals surface area contributed by atoms with Gasteiger partial charge in [-0.2, -0.15) is 5.10 Å². The van der Waals surface area contributed by atoms with Crippen LogP contribution in [0.2, 0.25) is 5.02 Å². The van der Waals surface area contributed by atoms with Gasteiger partial charge in [-0.15, -0.1) is 0 Å². The lowest BCUT2D eigenvalue weighted by Gasteiger charge is -2.04. The van der Waals surface area contributed by atoms with E-state index >= 15 is 0 Å². The molecule has 2 rings (SSSR count). The van der Waals surface area contributed by atoms with Crippen LogP contribution >= 0.6 is 43.5 Å². The van der Waals surface area contributed by atoms with Crippen LogP contribution < -0.4 is 0 Å². The molecule has 0 unspecified atom stereocenters. The van der Waals surface area contributed by atoms with Crippen LogP contribution in [0.15, 0.2) is 27.1 Å². The van der Waals surface area contributed by atoms with Crippen LogP contribution in [0.4, 0.5) is 0 Å². The van der Waals surface area contributed by atoms with E-state index in [0.29, 0.717) is 10.6 Å². The highest BCUT2D eigenvalue weighted by Gasteiger charge is 2.17. The number of rotatable bonds is 4. The van der Waals surface area contributed by atoms with Crippen LogP contribution in [0.3, 0.4) is 0 Å². The van der Waals surface area contributed by atoms with Gasteiger partial charge in [-0.05, 0) is 40.5 Å². The number of ketones is 1. The average molecular weight is 421 g/mol. The average Bonchev–Trinajstić information content (AvgIpc) is 2.65. The molecule has 3 nitrogen and oxygen atoms in total. The van der Waals surface area contributed by atoms with Crippen molar-refractivity contribution in [3.8, 4) is 0 Å². The van der Waals surface area contributed by atoms with Crippen LogP contribution in [0.25, 0.3) is 0 Å². The van der Waals surface area contributed by atoms with Crippen molar-refractivity contribution in [2.75, 3.05) is 0 Å². The van der Waals surface area contributed by atoms with Crippen LogP contribution in [0.1, 0.15) is 28.7 Å². The Morgan fingerprint density at radius 1 is 1.35 bits per heavy atom. The zero-order chi connectivity index (χ0) is 14.9. The standard InChI is InChI=1S/C14H13Br2ClN2O/c1-3-11-14(16)12(19(2)18-11)7-13(20)8-4-9(15)6-10(17)5-8/h4-6H,3,7H2,1-2H3. The number of nitrogens with zero attached hydrogens (tertiary/aromatic N) is 2. The molecule has 0 bridgehead atoms. The van der Waals surface area contributed by atoms with Gasteiger partial charge < -0.3 is 0 Å². The van der Waals surface area contributed by atoms with Gasteiger partial charge >= 0.3 is 0 Å². The van der Waals surface area contributed by atoms with Crippen molar-refractivity contribution in [3.63, 3.8) is 0 Å². The maximum absolute atomic E-state index is 12.4. The summed E-state index contributed by atoms with van der Waals surface area (Å²) in [6.45, 7) is 2.03. The molecule has 1 aromatic heterocycles. The zero-order valence-electron chi connectivity index (χ0n) is 11.1. The Morgan fingerprint density at radius 2 is 2.05 bits per heavy atom. The third-order valence-corrected chi connectivity index (χ3v) is 4.61. The van der Waals surface area contributed by atoms with Gasteiger partial charge in [0.1, 0.15) is 0 Å². The van der Waals surface area contributed by atoms with E-state index < -0.39 is 0 Å². The third kappa shape index (κ3) is 3.32. The summed E-state index contributed by atoms with van der Waals surface area (Å²) in [5, 5.41) is 4.94. The molecule has 106 valence electrons. The van der Waals surface area contributed by atoms with Crippen molar-refractivity contribution in [2.45, 2.75) is 19.8 Å². The summed E-state index contributed by atoms with van der Waals surface area (Å²) in [5.74, 6) is 0.0135. The topological polar surface area (TPSA) is 34.9 Å². The highest BCUT2D eigenvalue weighted by atomic mass is 79.9. The summed E-state index contributed by atoms with van der Waals surface area (Å²) in [6.07, 6.45) is 1.11. The molecule has 1 aromatic carbocycles. The molecular formula is C14H13Br2ClN2O. The molecule has 0 spiro atoms. The fourth-order valence-corrected chi connectivity index (χ4v) is 3.60. The van der Waals surface area contributed by atoms with Crippen molar-refractivity contribution >= 4 is 49.2 Å². The first-order valence-electron chi connectivity index (χ1n) is 6.12. The predicted molar refractivity (Wildman–Crippen MR) is 87.5 cm³/mol. The lowest BCUT2D eigenvalue weighted by atomic mass is 10.1. The molecule has 0 atom stereocenters. The fourth-order valence-electron chi connectivity index (χ4n) is 1.98. The molecule has 0 fully saturated rings. The summed E-state index contributed by atoms with van der Waals surface area (Å²) in [5.41, 5.74) is 2.43. The number of Topliss-reactive ketones (excluding diaryl/α,β-unsaturated/α-hetero) is 1. The zero-order valence-corrected chi connectivity index (χ0v) is 15.0. The summed E-state index contributed by atoms with van der Waals surface area (Å²) in [7, 11) is 1.85. The van der Waals surface area contributed by atoms with Gasteiger partial charge in [0.05, 0.1) is 22.3 Å². The Balaban J connectivity index is 2.30. The summed E-state index contributed by atoms with van der Waals surface area (Å²) in [4.78, 5) is 12.4. The molecule has 0 saturated carbocycles. The number of carbonyl (C=O) groups is 1. The molecule has 20 heavy (non-hydrogen) atoms. The minimum absolute atomic E-state index is 0.0135. The van der Waals surface area contributed by atoms with E-state index in [2.05, 4.69) is 37.0 Å². The molecule has 0 radical (unpaired) electrons. The van der Waals surface area contributed by atoms with Gasteiger partial charge in [0.15, 0.2) is 5.78 Å². The van der Waals surface area contributed by atoms with Crippen LogP contribution in [0, 0.1) is 0 Å². The van der Waals surface area contributed by atoms with E-state index in [-0.39, 0.29) is 12.2 Å². The second-order valence-electron chi connectivity index (χ2n) is 4.44. The highest BCUT2D eigenvalue weighted by Crippen LogP contribution is 2.25. The molecule has 0 N–H and O–H groups in total. The van der Waals surface area contributed by atoms with Crippen molar-refractivity contribution in [2.24, 2.45) is 7.05 Å². The first kappa shape index (κ1) is 15.7. The third-order valence-electron chi connectivity index (χ3n) is 3.02. The maximum atomic E-state index is 12.4. The van der Waals surface area contributed by atoms with Crippen molar-refractivity contribution in [1.29, 1.82) is 0 Å². The Hall–Kier alpha value is -0.650. The van der Waals surface area contributed by atoms with Crippen molar-refractivity contribution in [3.05, 3.63) is 49.1 Å². The molecule has 0 amide bonds. The van der Waals surface area contributed by atoms with Crippen LogP contribution in [-0.4, -0.2) is 15.6 Å². The number of aromatic nitrogens is 2. The molecule has 0 aliphatic carbocycles. The van der Waals surface area contributed by atoms with E-state index in [4.69, 9.17) is 11.6 Å². The molecular weight excluding hydrogens is 407 g/mol. The van der Waals surface area contributed by atoms with E-state index in [1.54, 1.807) is 22.9 Å². The minimum atomic E-state index is 0.0135. The maximum Gasteiger partial charge on any atom is 0.168 e. The van der Waals surface area contributed by atoms with E-state index in [1.807, 2.05) is 14.0 Å². The Labute approximate surface area is 139 Å². The number of hydrogen-bond acceptors (Lipinski definition) is 2. The second kappa shape index (κ2) is 6.41. The molecule has 0 aliphatic rings. The molecule has 1 heterocycles. The van der Waals surface area contributed by atoms with E-state index in [1.165, 1.54) is 0 Å². The second-order valence-corrected chi connectivity index (χ2v) is 6.59. The SMILES string of the molecule is CCc1nn(C)c(CC(=O)c2cc(Cl)cc(Br)c2)c1Br. The quantitative estimate of drug-likeness (QED) is 0.679. The molecule has 6 heteroatoms. The number of hydrogen-bond donors (Lipinski definition) is 0. The Kier molecular flexibility index (Phi) is 5.04. The van der Waals surface area contributed by atoms with Crippen LogP contribution in [-0.2, 0) is 19.9 Å². The first-order chi connectivity index (χ1) is 9.42. The normalized spacial score (nSPS) is 10.8. The Bertz CT molecular complexity index is 647. The molecule has 2 aromatic rings. The van der Waals surface area contributed by atoms with Gasteiger partial charge in [-0.1, -0.05) is 34.5 Å². The lowest BCUT2D eigenvalue weighted by molar-refractivity contribution is 0.0990. The van der Waals surface area contributed by atoms with Crippen molar-refractivity contribution in [1.82, 2.24) is 9.78 Å². The summed E-state index contributed by atoms with van der Waals surface area (Å²) < 4.78 is 3.46. The smallest absolute Gasteiger partial charge is 0.168 e. The van der Waals surface area contributed by atoms with E-state index in [0.717, 1.165) is 26.8 Å². The highest BCUT2D eigenvalue weighted by molar-refractivity contribution is 9.10. The minimum Gasteiger partial charge on any atom is -0.294 e. The fraction of sp³-hybridized carbons (Fsp3) is 0.286. The molecule has 0 saturated heterocycles.